The van der Waals surface area contributed by atoms with Crippen molar-refractivity contribution in [3.05, 3.63) is 45.9 Å². The van der Waals surface area contributed by atoms with Crippen LogP contribution in [0.2, 0.25) is 5.02 Å². The van der Waals surface area contributed by atoms with Crippen molar-refractivity contribution in [2.75, 3.05) is 0 Å². The molecule has 1 amide bonds. The van der Waals surface area contributed by atoms with E-state index in [9.17, 15) is 14.4 Å². The SMILES string of the molecule is O=C(C=Cc1cccc(Cl)c1F)[NH2+][O-]. The van der Waals surface area contributed by atoms with Crippen LogP contribution in [-0.4, -0.2) is 5.91 Å². The third-order valence-electron chi connectivity index (χ3n) is 1.52. The van der Waals surface area contributed by atoms with E-state index in [-0.39, 0.29) is 16.1 Å². The first-order valence-electron chi connectivity index (χ1n) is 3.76. The zero-order valence-electron chi connectivity index (χ0n) is 7.04. The summed E-state index contributed by atoms with van der Waals surface area (Å²) in [5.74, 6) is -1.33. The Morgan fingerprint density at radius 1 is 1.57 bits per heavy atom. The molecule has 0 aliphatic heterocycles. The van der Waals surface area contributed by atoms with Crippen LogP contribution in [0, 0.1) is 11.0 Å². The van der Waals surface area contributed by atoms with E-state index in [2.05, 4.69) is 0 Å². The molecule has 1 aromatic rings. The highest BCUT2D eigenvalue weighted by Crippen LogP contribution is 2.18. The van der Waals surface area contributed by atoms with Gasteiger partial charge in [0.1, 0.15) is 5.82 Å². The van der Waals surface area contributed by atoms with E-state index in [4.69, 9.17) is 11.6 Å². The number of benzene rings is 1. The van der Waals surface area contributed by atoms with E-state index in [1.165, 1.54) is 18.2 Å². The van der Waals surface area contributed by atoms with Crippen LogP contribution in [-0.2, 0) is 4.79 Å². The summed E-state index contributed by atoms with van der Waals surface area (Å²) in [6, 6.07) is 4.40. The van der Waals surface area contributed by atoms with Crippen LogP contribution < -0.4 is 5.48 Å². The van der Waals surface area contributed by atoms with Gasteiger partial charge in [-0.05, 0) is 12.1 Å². The lowest BCUT2D eigenvalue weighted by atomic mass is 10.2. The van der Waals surface area contributed by atoms with E-state index >= 15 is 0 Å². The smallest absolute Gasteiger partial charge is 0.335 e. The number of nitrogens with two attached hydrogens (primary N) is 1. The molecule has 1 rings (SSSR count). The lowest BCUT2D eigenvalue weighted by molar-refractivity contribution is -0.494. The second-order valence-corrected chi connectivity index (χ2v) is 2.90. The van der Waals surface area contributed by atoms with Gasteiger partial charge in [-0.15, -0.1) is 0 Å². The molecule has 0 aromatic heterocycles. The summed E-state index contributed by atoms with van der Waals surface area (Å²) in [6.07, 6.45) is 2.19. The van der Waals surface area contributed by atoms with E-state index in [1.807, 2.05) is 0 Å². The average molecular weight is 216 g/mol. The zero-order valence-corrected chi connectivity index (χ0v) is 7.79. The van der Waals surface area contributed by atoms with Gasteiger partial charge in [-0.3, -0.25) is 0 Å². The topological polar surface area (TPSA) is 56.7 Å². The summed E-state index contributed by atoms with van der Waals surface area (Å²) in [6.45, 7) is 0. The zero-order chi connectivity index (χ0) is 10.6. The molecule has 2 N–H and O–H groups in total. The highest BCUT2D eigenvalue weighted by atomic mass is 35.5. The molecule has 1 aromatic carbocycles. The van der Waals surface area contributed by atoms with Crippen LogP contribution in [0.15, 0.2) is 24.3 Å². The number of hydrogen-bond acceptors (Lipinski definition) is 2. The Kier molecular flexibility index (Phi) is 3.76. The molecule has 0 fully saturated rings. The third-order valence-corrected chi connectivity index (χ3v) is 1.82. The number of carbonyl (C=O) groups is 1. The van der Waals surface area contributed by atoms with Gasteiger partial charge in [0.25, 0.3) is 0 Å². The Balaban J connectivity index is 2.92. The molecule has 0 heterocycles. The van der Waals surface area contributed by atoms with E-state index in [0.717, 1.165) is 6.08 Å². The van der Waals surface area contributed by atoms with Gasteiger partial charge < -0.3 is 10.7 Å². The third kappa shape index (κ3) is 2.63. The second-order valence-electron chi connectivity index (χ2n) is 2.50. The van der Waals surface area contributed by atoms with Gasteiger partial charge in [0, 0.05) is 11.6 Å². The summed E-state index contributed by atoms with van der Waals surface area (Å²) >= 11 is 5.50. The summed E-state index contributed by atoms with van der Waals surface area (Å²) in [5, 5.41) is 9.93. The molecule has 0 radical (unpaired) electrons. The molecule has 0 aliphatic rings. The highest BCUT2D eigenvalue weighted by molar-refractivity contribution is 6.30. The molecule has 0 atom stereocenters. The van der Waals surface area contributed by atoms with Crippen molar-refractivity contribution in [1.82, 2.24) is 0 Å². The first-order chi connectivity index (χ1) is 6.65. The molecule has 0 bridgehead atoms. The summed E-state index contributed by atoms with van der Waals surface area (Å²) in [4.78, 5) is 10.6. The first-order valence-corrected chi connectivity index (χ1v) is 4.14. The Bertz CT molecular complexity index is 379. The summed E-state index contributed by atoms with van der Waals surface area (Å²) in [7, 11) is 0. The molecular weight excluding hydrogens is 209 g/mol. The molecular formula is C9H7ClFNO2. The Morgan fingerprint density at radius 3 is 2.93 bits per heavy atom. The minimum atomic E-state index is -0.718. The van der Waals surface area contributed by atoms with Gasteiger partial charge >= 0.3 is 5.91 Å². The van der Waals surface area contributed by atoms with Gasteiger partial charge in [0.05, 0.1) is 5.02 Å². The molecule has 0 aliphatic carbocycles. The predicted octanol–water partition coefficient (Wildman–Crippen LogP) is 1.08. The van der Waals surface area contributed by atoms with Crippen molar-refractivity contribution in [1.29, 1.82) is 0 Å². The molecule has 14 heavy (non-hydrogen) atoms. The van der Waals surface area contributed by atoms with Gasteiger partial charge in [-0.2, -0.15) is 0 Å². The molecule has 5 heteroatoms. The molecule has 0 saturated carbocycles. The van der Waals surface area contributed by atoms with E-state index in [0.29, 0.717) is 0 Å². The number of halogens is 2. The number of carbonyl (C=O) groups excluding carboxylic acids is 1. The van der Waals surface area contributed by atoms with Crippen molar-refractivity contribution >= 4 is 23.6 Å². The van der Waals surface area contributed by atoms with Crippen LogP contribution in [0.3, 0.4) is 0 Å². The van der Waals surface area contributed by atoms with Gasteiger partial charge in [-0.1, -0.05) is 23.7 Å². The molecule has 0 unspecified atom stereocenters. The van der Waals surface area contributed by atoms with Crippen LogP contribution >= 0.6 is 11.6 Å². The molecule has 74 valence electrons. The number of hydroxylamine groups is 1. The fourth-order valence-electron chi connectivity index (χ4n) is 0.860. The minimum absolute atomic E-state index is 0.0225. The fourth-order valence-corrected chi connectivity index (χ4v) is 1.04. The lowest BCUT2D eigenvalue weighted by Gasteiger charge is -1.98. The van der Waals surface area contributed by atoms with Crippen molar-refractivity contribution in [2.45, 2.75) is 0 Å². The predicted molar refractivity (Wildman–Crippen MR) is 50.7 cm³/mol. The summed E-state index contributed by atoms with van der Waals surface area (Å²) < 4.78 is 13.2. The standard InChI is InChI=1S/C9H7ClFNO2/c10-7-3-1-2-6(9(7)11)4-5-8(13)12-14/h1-5H,12H2. The average Bonchev–Trinajstić information content (AvgIpc) is 2.20. The van der Waals surface area contributed by atoms with Gasteiger partial charge in [0.2, 0.25) is 0 Å². The number of hydrogen-bond donors (Lipinski definition) is 1. The summed E-state index contributed by atoms with van der Waals surface area (Å²) in [5.41, 5.74) is 0.326. The van der Waals surface area contributed by atoms with Crippen LogP contribution in [0.4, 0.5) is 4.39 Å². The van der Waals surface area contributed by atoms with E-state index in [1.54, 1.807) is 6.07 Å². The molecule has 0 saturated heterocycles. The van der Waals surface area contributed by atoms with Crippen molar-refractivity contribution < 1.29 is 14.7 Å². The second kappa shape index (κ2) is 4.85. The maximum absolute atomic E-state index is 13.2. The highest BCUT2D eigenvalue weighted by Gasteiger charge is 2.03. The Hall–Kier alpha value is -1.23. The normalized spacial score (nSPS) is 10.8. The first kappa shape index (κ1) is 10.8. The molecule has 0 spiro atoms. The number of rotatable bonds is 2. The van der Waals surface area contributed by atoms with Crippen molar-refractivity contribution in [3.63, 3.8) is 0 Å². The maximum Gasteiger partial charge on any atom is 0.335 e. The Morgan fingerprint density at radius 2 is 2.29 bits per heavy atom. The number of primary amides is 1. The minimum Gasteiger partial charge on any atom is -0.628 e. The lowest BCUT2D eigenvalue weighted by Crippen LogP contribution is -2.81. The van der Waals surface area contributed by atoms with Crippen LogP contribution in [0.5, 0.6) is 0 Å². The van der Waals surface area contributed by atoms with Gasteiger partial charge in [-0.25, -0.2) is 9.18 Å². The van der Waals surface area contributed by atoms with Crippen LogP contribution in [0.1, 0.15) is 5.56 Å². The Labute approximate surface area is 84.8 Å². The monoisotopic (exact) mass is 215 g/mol. The maximum atomic E-state index is 13.2. The quantitative estimate of drug-likeness (QED) is 0.593. The van der Waals surface area contributed by atoms with Crippen LogP contribution in [0.25, 0.3) is 6.08 Å². The van der Waals surface area contributed by atoms with Gasteiger partial charge in [0.15, 0.2) is 0 Å². The number of quaternary nitrogens is 1. The largest absolute Gasteiger partial charge is 0.628 e. The van der Waals surface area contributed by atoms with Crippen molar-refractivity contribution in [2.24, 2.45) is 0 Å². The fraction of sp³-hybridized carbons (Fsp3) is 0. The van der Waals surface area contributed by atoms with Crippen molar-refractivity contribution in [3.8, 4) is 0 Å². The number of amides is 1. The van der Waals surface area contributed by atoms with E-state index < -0.39 is 11.7 Å². The molecule has 3 nitrogen and oxygen atoms in total.